The third-order valence-electron chi connectivity index (χ3n) is 2.78. The SMILES string of the molecule is O[C@@H]1CN(Cc2cc(F)c(Cl)cc2Cl)C[C@H]1F. The Morgan fingerprint density at radius 1 is 1.29 bits per heavy atom. The van der Waals surface area contributed by atoms with Crippen molar-refractivity contribution in [2.24, 2.45) is 0 Å². The molecular weight excluding hydrogens is 271 g/mol. The number of nitrogens with zero attached hydrogens (tertiary/aromatic N) is 1. The summed E-state index contributed by atoms with van der Waals surface area (Å²) >= 11 is 11.5. The molecule has 0 radical (unpaired) electrons. The van der Waals surface area contributed by atoms with Crippen LogP contribution in [0, 0.1) is 5.82 Å². The third kappa shape index (κ3) is 2.88. The molecule has 1 aliphatic heterocycles. The van der Waals surface area contributed by atoms with Crippen LogP contribution in [0.3, 0.4) is 0 Å². The summed E-state index contributed by atoms with van der Waals surface area (Å²) in [5.74, 6) is -0.553. The predicted octanol–water partition coefficient (Wildman–Crippen LogP) is 2.65. The zero-order chi connectivity index (χ0) is 12.6. The Kier molecular flexibility index (Phi) is 3.88. The molecule has 1 aromatic carbocycles. The summed E-state index contributed by atoms with van der Waals surface area (Å²) in [4.78, 5) is 1.68. The summed E-state index contributed by atoms with van der Waals surface area (Å²) in [6.45, 7) is 0.647. The van der Waals surface area contributed by atoms with Gasteiger partial charge in [0.15, 0.2) is 0 Å². The van der Waals surface area contributed by atoms with Crippen LogP contribution in [0.1, 0.15) is 5.56 Å². The molecule has 0 aliphatic carbocycles. The highest BCUT2D eigenvalue weighted by molar-refractivity contribution is 6.35. The number of hydrogen-bond donors (Lipinski definition) is 1. The summed E-state index contributed by atoms with van der Waals surface area (Å²) in [6.07, 6.45) is -2.24. The molecular formula is C11H11Cl2F2NO. The van der Waals surface area contributed by atoms with Crippen molar-refractivity contribution in [3.63, 3.8) is 0 Å². The van der Waals surface area contributed by atoms with Crippen molar-refractivity contribution in [2.45, 2.75) is 18.8 Å². The van der Waals surface area contributed by atoms with Crippen molar-refractivity contribution >= 4 is 23.2 Å². The van der Waals surface area contributed by atoms with Gasteiger partial charge in [0.05, 0.1) is 11.1 Å². The molecule has 0 amide bonds. The Morgan fingerprint density at radius 2 is 2.00 bits per heavy atom. The maximum Gasteiger partial charge on any atom is 0.142 e. The molecule has 0 unspecified atom stereocenters. The fraction of sp³-hybridized carbons (Fsp3) is 0.455. The molecule has 0 aromatic heterocycles. The minimum Gasteiger partial charge on any atom is -0.389 e. The van der Waals surface area contributed by atoms with E-state index < -0.39 is 18.1 Å². The molecule has 1 saturated heterocycles. The first-order valence-electron chi connectivity index (χ1n) is 5.15. The quantitative estimate of drug-likeness (QED) is 0.843. The second kappa shape index (κ2) is 5.06. The van der Waals surface area contributed by atoms with E-state index in [4.69, 9.17) is 23.2 Å². The van der Waals surface area contributed by atoms with Crippen LogP contribution in [0.5, 0.6) is 0 Å². The lowest BCUT2D eigenvalue weighted by Crippen LogP contribution is -2.21. The number of aliphatic hydroxyl groups excluding tert-OH is 1. The molecule has 94 valence electrons. The van der Waals surface area contributed by atoms with Crippen LogP contribution in [0.25, 0.3) is 0 Å². The number of likely N-dealkylation sites (tertiary alicyclic amines) is 1. The molecule has 1 heterocycles. The van der Waals surface area contributed by atoms with Crippen LogP contribution >= 0.6 is 23.2 Å². The number of alkyl halides is 1. The molecule has 2 atom stereocenters. The van der Waals surface area contributed by atoms with Crippen LogP contribution in [0.2, 0.25) is 10.0 Å². The Hall–Kier alpha value is -0.420. The van der Waals surface area contributed by atoms with Gasteiger partial charge in [0.2, 0.25) is 0 Å². The first kappa shape index (κ1) is 13.0. The Morgan fingerprint density at radius 3 is 2.59 bits per heavy atom. The number of rotatable bonds is 2. The summed E-state index contributed by atoms with van der Waals surface area (Å²) in [6, 6.07) is 2.57. The minimum atomic E-state index is -1.26. The molecule has 0 spiro atoms. The average Bonchev–Trinajstić information content (AvgIpc) is 2.55. The molecule has 2 nitrogen and oxygen atoms in total. The van der Waals surface area contributed by atoms with E-state index in [9.17, 15) is 13.9 Å². The molecule has 2 rings (SSSR count). The lowest BCUT2D eigenvalue weighted by Gasteiger charge is -2.15. The highest BCUT2D eigenvalue weighted by Crippen LogP contribution is 2.26. The zero-order valence-corrected chi connectivity index (χ0v) is 10.3. The van der Waals surface area contributed by atoms with Gasteiger partial charge in [0.25, 0.3) is 0 Å². The lowest BCUT2D eigenvalue weighted by atomic mass is 10.2. The normalized spacial score (nSPS) is 25.5. The first-order valence-corrected chi connectivity index (χ1v) is 5.91. The Labute approximate surface area is 108 Å². The van der Waals surface area contributed by atoms with Crippen LogP contribution in [-0.4, -0.2) is 35.4 Å². The Balaban J connectivity index is 2.12. The van der Waals surface area contributed by atoms with Crippen LogP contribution in [0.4, 0.5) is 8.78 Å². The standard InChI is InChI=1S/C11H11Cl2F2NO/c12-7-2-8(13)9(14)1-6(7)3-16-4-10(15)11(17)5-16/h1-2,10-11,17H,3-5H2/t10-,11-/m1/s1. The lowest BCUT2D eigenvalue weighted by molar-refractivity contribution is 0.115. The number of benzene rings is 1. The van der Waals surface area contributed by atoms with E-state index in [1.807, 2.05) is 0 Å². The van der Waals surface area contributed by atoms with E-state index in [-0.39, 0.29) is 18.1 Å². The van der Waals surface area contributed by atoms with Gasteiger partial charge in [-0.2, -0.15) is 0 Å². The van der Waals surface area contributed by atoms with Gasteiger partial charge in [-0.25, -0.2) is 8.78 Å². The van der Waals surface area contributed by atoms with Crippen LogP contribution in [0.15, 0.2) is 12.1 Å². The summed E-state index contributed by atoms with van der Waals surface area (Å²) in [7, 11) is 0. The number of aliphatic hydroxyl groups is 1. The van der Waals surface area contributed by atoms with Gasteiger partial charge in [-0.15, -0.1) is 0 Å². The maximum absolute atomic E-state index is 13.3. The summed E-state index contributed by atoms with van der Waals surface area (Å²) in [5, 5.41) is 9.57. The van der Waals surface area contributed by atoms with E-state index in [1.165, 1.54) is 12.1 Å². The van der Waals surface area contributed by atoms with E-state index in [0.29, 0.717) is 17.1 Å². The molecule has 0 bridgehead atoms. The van der Waals surface area contributed by atoms with Crippen molar-refractivity contribution in [1.82, 2.24) is 4.90 Å². The van der Waals surface area contributed by atoms with Gasteiger partial charge < -0.3 is 5.11 Å². The van der Waals surface area contributed by atoms with E-state index in [2.05, 4.69) is 0 Å². The fourth-order valence-corrected chi connectivity index (χ4v) is 2.32. The van der Waals surface area contributed by atoms with Gasteiger partial charge in [-0.1, -0.05) is 23.2 Å². The number of hydrogen-bond acceptors (Lipinski definition) is 2. The number of β-amino-alcohol motifs (C(OH)–C–C–N with tert-alkyl or cyclic N) is 1. The fourth-order valence-electron chi connectivity index (χ4n) is 1.88. The molecule has 17 heavy (non-hydrogen) atoms. The zero-order valence-electron chi connectivity index (χ0n) is 8.84. The smallest absolute Gasteiger partial charge is 0.142 e. The maximum atomic E-state index is 13.3. The largest absolute Gasteiger partial charge is 0.389 e. The topological polar surface area (TPSA) is 23.5 Å². The predicted molar refractivity (Wildman–Crippen MR) is 62.6 cm³/mol. The van der Waals surface area contributed by atoms with Gasteiger partial charge in [-0.3, -0.25) is 4.90 Å². The second-order valence-corrected chi connectivity index (χ2v) is 4.95. The van der Waals surface area contributed by atoms with E-state index in [1.54, 1.807) is 4.90 Å². The molecule has 1 N–H and O–H groups in total. The summed E-state index contributed by atoms with van der Waals surface area (Å²) in [5.41, 5.74) is 0.537. The number of halogens is 4. The highest BCUT2D eigenvalue weighted by Gasteiger charge is 2.31. The monoisotopic (exact) mass is 281 g/mol. The molecule has 6 heteroatoms. The minimum absolute atomic E-state index is 0.0384. The summed E-state index contributed by atoms with van der Waals surface area (Å²) < 4.78 is 26.3. The Bertz CT molecular complexity index is 420. The average molecular weight is 282 g/mol. The second-order valence-electron chi connectivity index (χ2n) is 4.14. The highest BCUT2D eigenvalue weighted by atomic mass is 35.5. The molecule has 1 aliphatic rings. The first-order chi connectivity index (χ1) is 7.97. The van der Waals surface area contributed by atoms with Crippen LogP contribution < -0.4 is 0 Å². The van der Waals surface area contributed by atoms with Gasteiger partial charge in [0.1, 0.15) is 12.0 Å². The van der Waals surface area contributed by atoms with Crippen molar-refractivity contribution < 1.29 is 13.9 Å². The molecule has 0 saturated carbocycles. The molecule has 1 aromatic rings. The van der Waals surface area contributed by atoms with Gasteiger partial charge in [0, 0.05) is 24.7 Å². The molecule has 1 fully saturated rings. The van der Waals surface area contributed by atoms with Crippen LogP contribution in [-0.2, 0) is 6.54 Å². The van der Waals surface area contributed by atoms with E-state index in [0.717, 1.165) is 0 Å². The van der Waals surface area contributed by atoms with Gasteiger partial charge in [-0.05, 0) is 17.7 Å². The van der Waals surface area contributed by atoms with Gasteiger partial charge >= 0.3 is 0 Å². The van der Waals surface area contributed by atoms with Crippen molar-refractivity contribution in [3.05, 3.63) is 33.6 Å². The third-order valence-corrected chi connectivity index (χ3v) is 3.42. The van der Waals surface area contributed by atoms with Crippen molar-refractivity contribution in [1.29, 1.82) is 0 Å². The van der Waals surface area contributed by atoms with Crippen molar-refractivity contribution in [3.8, 4) is 0 Å². The van der Waals surface area contributed by atoms with Crippen molar-refractivity contribution in [2.75, 3.05) is 13.1 Å². The van der Waals surface area contributed by atoms with E-state index >= 15 is 0 Å².